The highest BCUT2D eigenvalue weighted by molar-refractivity contribution is 5.85. The first-order valence-corrected chi connectivity index (χ1v) is 10.5. The molecule has 0 radical (unpaired) electrons. The highest BCUT2D eigenvalue weighted by atomic mass is 19.4. The van der Waals surface area contributed by atoms with Gasteiger partial charge in [-0.25, -0.2) is 9.37 Å². The predicted molar refractivity (Wildman–Crippen MR) is 119 cm³/mol. The van der Waals surface area contributed by atoms with Gasteiger partial charge in [0.25, 0.3) is 0 Å². The molecular formula is C26H17F4NO4. The molecule has 35 heavy (non-hydrogen) atoms. The van der Waals surface area contributed by atoms with Gasteiger partial charge in [-0.05, 0) is 59.7 Å². The van der Waals surface area contributed by atoms with Gasteiger partial charge in [-0.1, -0.05) is 12.1 Å². The van der Waals surface area contributed by atoms with E-state index in [1.807, 2.05) is 24.3 Å². The van der Waals surface area contributed by atoms with E-state index < -0.39 is 17.6 Å². The molecule has 1 aliphatic rings. The first-order valence-electron chi connectivity index (χ1n) is 10.5. The summed E-state index contributed by atoms with van der Waals surface area (Å²) in [5.41, 5.74) is 1.85. The van der Waals surface area contributed by atoms with E-state index in [0.29, 0.717) is 29.9 Å². The number of benzene rings is 3. The van der Waals surface area contributed by atoms with Crippen molar-refractivity contribution in [2.24, 2.45) is 0 Å². The molecule has 0 bridgehead atoms. The van der Waals surface area contributed by atoms with Gasteiger partial charge >= 0.3 is 6.18 Å². The number of phenolic OH excluding ortho intramolecular Hbond substituents is 1. The number of aromatic hydroxyl groups is 1. The zero-order chi connectivity index (χ0) is 24.6. The summed E-state index contributed by atoms with van der Waals surface area (Å²) in [6.45, 7) is 0.333. The lowest BCUT2D eigenvalue weighted by molar-refractivity contribution is -0.137. The molecule has 2 heterocycles. The largest absolute Gasteiger partial charge is 0.508 e. The van der Waals surface area contributed by atoms with Gasteiger partial charge in [0.2, 0.25) is 5.89 Å². The Morgan fingerprint density at radius 1 is 0.971 bits per heavy atom. The number of nitrogens with zero attached hydrogens (tertiary/aromatic N) is 1. The molecule has 0 saturated carbocycles. The van der Waals surface area contributed by atoms with Crippen molar-refractivity contribution >= 4 is 11.6 Å². The number of phenols is 1. The van der Waals surface area contributed by atoms with E-state index in [9.17, 15) is 22.7 Å². The smallest absolute Gasteiger partial charge is 0.416 e. The van der Waals surface area contributed by atoms with E-state index in [0.717, 1.165) is 28.8 Å². The van der Waals surface area contributed by atoms with Crippen LogP contribution >= 0.6 is 0 Å². The monoisotopic (exact) mass is 483 g/mol. The Balaban J connectivity index is 1.28. The molecule has 0 fully saturated rings. The van der Waals surface area contributed by atoms with E-state index in [-0.39, 0.29) is 23.8 Å². The maximum absolute atomic E-state index is 13.7. The molecule has 1 aliphatic heterocycles. The van der Waals surface area contributed by atoms with Gasteiger partial charge in [0.15, 0.2) is 0 Å². The fourth-order valence-corrected chi connectivity index (χ4v) is 3.62. The van der Waals surface area contributed by atoms with E-state index in [4.69, 9.17) is 13.9 Å². The Hall–Kier alpha value is -4.27. The highest BCUT2D eigenvalue weighted by Gasteiger charge is 2.32. The summed E-state index contributed by atoms with van der Waals surface area (Å²) in [5.74, 6) is 0.136. The predicted octanol–water partition coefficient (Wildman–Crippen LogP) is 6.72. The average Bonchev–Trinajstić information content (AvgIpc) is 3.31. The fraction of sp³-hybridized carbons (Fsp3) is 0.115. The van der Waals surface area contributed by atoms with Crippen molar-refractivity contribution in [3.05, 3.63) is 95.1 Å². The Bertz CT molecular complexity index is 1410. The van der Waals surface area contributed by atoms with E-state index in [1.165, 1.54) is 6.26 Å². The van der Waals surface area contributed by atoms with Crippen LogP contribution in [0, 0.1) is 5.82 Å². The summed E-state index contributed by atoms with van der Waals surface area (Å²) in [5, 5.41) is 9.46. The van der Waals surface area contributed by atoms with Crippen molar-refractivity contribution in [2.75, 3.05) is 6.61 Å². The zero-order valence-electron chi connectivity index (χ0n) is 18.0. The molecule has 0 amide bonds. The number of oxazole rings is 1. The lowest BCUT2D eigenvalue weighted by atomic mass is 10.0. The Kier molecular flexibility index (Phi) is 5.68. The van der Waals surface area contributed by atoms with Crippen LogP contribution in [0.15, 0.2) is 71.3 Å². The lowest BCUT2D eigenvalue weighted by Gasteiger charge is -2.19. The van der Waals surface area contributed by atoms with Crippen LogP contribution in [0.2, 0.25) is 0 Å². The van der Waals surface area contributed by atoms with Crippen molar-refractivity contribution in [3.8, 4) is 28.7 Å². The SMILES string of the molecule is Oc1ccc(C2=Cc3ccc(OCc4coc(-c5cc(F)cc(C(F)(F)F)c5)n4)cc3OC2)cc1. The molecule has 0 aliphatic carbocycles. The summed E-state index contributed by atoms with van der Waals surface area (Å²) in [6, 6.07) is 14.3. The van der Waals surface area contributed by atoms with Gasteiger partial charge in [0, 0.05) is 17.2 Å². The van der Waals surface area contributed by atoms with E-state index >= 15 is 0 Å². The molecular weight excluding hydrogens is 466 g/mol. The van der Waals surface area contributed by atoms with Gasteiger partial charge in [0.05, 0.1) is 5.56 Å². The van der Waals surface area contributed by atoms with E-state index in [2.05, 4.69) is 4.98 Å². The minimum Gasteiger partial charge on any atom is -0.508 e. The molecule has 3 aromatic carbocycles. The second-order valence-corrected chi connectivity index (χ2v) is 7.86. The fourth-order valence-electron chi connectivity index (χ4n) is 3.62. The van der Waals surface area contributed by atoms with Crippen LogP contribution in [-0.4, -0.2) is 16.7 Å². The first-order chi connectivity index (χ1) is 16.7. The second-order valence-electron chi connectivity index (χ2n) is 7.86. The molecule has 0 unspecified atom stereocenters. The number of alkyl halides is 3. The average molecular weight is 483 g/mol. The molecule has 1 N–H and O–H groups in total. The number of halogens is 4. The summed E-state index contributed by atoms with van der Waals surface area (Å²) < 4.78 is 69.4. The Labute approximate surface area is 196 Å². The van der Waals surface area contributed by atoms with Crippen LogP contribution in [0.25, 0.3) is 23.1 Å². The third-order valence-electron chi connectivity index (χ3n) is 5.35. The van der Waals surface area contributed by atoms with Gasteiger partial charge in [-0.3, -0.25) is 0 Å². The summed E-state index contributed by atoms with van der Waals surface area (Å²) in [6.07, 6.45) is -1.45. The number of aromatic nitrogens is 1. The Morgan fingerprint density at radius 2 is 1.77 bits per heavy atom. The maximum Gasteiger partial charge on any atom is 0.416 e. The molecule has 178 valence electrons. The van der Waals surface area contributed by atoms with Gasteiger partial charge in [-0.15, -0.1) is 0 Å². The number of hydrogen-bond donors (Lipinski definition) is 1. The number of ether oxygens (including phenoxy) is 2. The maximum atomic E-state index is 13.7. The molecule has 0 atom stereocenters. The molecule has 9 heteroatoms. The van der Waals surface area contributed by atoms with Crippen molar-refractivity contribution in [1.29, 1.82) is 0 Å². The van der Waals surface area contributed by atoms with Crippen molar-refractivity contribution in [3.63, 3.8) is 0 Å². The number of rotatable bonds is 5. The van der Waals surface area contributed by atoms with E-state index in [1.54, 1.807) is 24.3 Å². The molecule has 4 aromatic rings. The molecule has 0 saturated heterocycles. The van der Waals surface area contributed by atoms with Crippen LogP contribution in [-0.2, 0) is 12.8 Å². The third-order valence-corrected chi connectivity index (χ3v) is 5.35. The first kappa shape index (κ1) is 22.5. The topological polar surface area (TPSA) is 64.7 Å². The molecule has 5 rings (SSSR count). The molecule has 1 aromatic heterocycles. The zero-order valence-corrected chi connectivity index (χ0v) is 18.0. The Morgan fingerprint density at radius 3 is 2.54 bits per heavy atom. The van der Waals surface area contributed by atoms with Crippen LogP contribution in [0.1, 0.15) is 22.4 Å². The lowest BCUT2D eigenvalue weighted by Crippen LogP contribution is -2.07. The summed E-state index contributed by atoms with van der Waals surface area (Å²) >= 11 is 0. The molecule has 0 spiro atoms. The molecule has 5 nitrogen and oxygen atoms in total. The summed E-state index contributed by atoms with van der Waals surface area (Å²) in [7, 11) is 0. The van der Waals surface area contributed by atoms with Gasteiger partial charge < -0.3 is 19.0 Å². The van der Waals surface area contributed by atoms with Gasteiger partial charge in [0.1, 0.15) is 48.2 Å². The second kappa shape index (κ2) is 8.83. The summed E-state index contributed by atoms with van der Waals surface area (Å²) in [4.78, 5) is 4.11. The quantitative estimate of drug-likeness (QED) is 0.320. The van der Waals surface area contributed by atoms with Crippen molar-refractivity contribution < 1.29 is 36.6 Å². The van der Waals surface area contributed by atoms with Crippen LogP contribution in [0.5, 0.6) is 17.2 Å². The van der Waals surface area contributed by atoms with Crippen molar-refractivity contribution in [1.82, 2.24) is 4.98 Å². The standard InChI is InChI=1S/C26H17F4NO4/c27-20-9-17(8-19(10-20)26(28,29)30)25-31-21(14-35-25)13-33-23-6-3-16-7-18(12-34-24(16)11-23)15-1-4-22(32)5-2-15/h1-11,14,32H,12-13H2. The van der Waals surface area contributed by atoms with Crippen LogP contribution in [0.3, 0.4) is 0 Å². The number of hydrogen-bond acceptors (Lipinski definition) is 5. The minimum atomic E-state index is -4.69. The highest BCUT2D eigenvalue weighted by Crippen LogP contribution is 2.35. The van der Waals surface area contributed by atoms with Crippen LogP contribution in [0.4, 0.5) is 17.6 Å². The van der Waals surface area contributed by atoms with Gasteiger partial charge in [-0.2, -0.15) is 13.2 Å². The minimum absolute atomic E-state index is 0.0155. The van der Waals surface area contributed by atoms with Crippen LogP contribution < -0.4 is 9.47 Å². The van der Waals surface area contributed by atoms with Crippen molar-refractivity contribution in [2.45, 2.75) is 12.8 Å². The normalized spacial score (nSPS) is 13.1. The third kappa shape index (κ3) is 4.98. The number of fused-ring (bicyclic) bond motifs is 1.